The van der Waals surface area contributed by atoms with E-state index >= 15 is 0 Å². The molecule has 184 valence electrons. The molecule has 0 radical (unpaired) electrons. The lowest BCUT2D eigenvalue weighted by Gasteiger charge is -2.37. The fourth-order valence-electron chi connectivity index (χ4n) is 4.50. The SMILES string of the molecule is COc1cccc(C(=O)N2CCc3cc(OC)c(OC)cc3[C@H]2COc2ccc(C(C)C)cc2)c1. The van der Waals surface area contributed by atoms with Crippen molar-refractivity contribution in [2.75, 3.05) is 34.5 Å². The highest BCUT2D eigenvalue weighted by Gasteiger charge is 2.33. The van der Waals surface area contributed by atoms with Crippen LogP contribution in [-0.4, -0.2) is 45.3 Å². The van der Waals surface area contributed by atoms with E-state index in [1.165, 1.54) is 5.56 Å². The van der Waals surface area contributed by atoms with Gasteiger partial charge in [0.15, 0.2) is 11.5 Å². The smallest absolute Gasteiger partial charge is 0.254 e. The molecule has 0 saturated carbocycles. The Morgan fingerprint density at radius 3 is 2.29 bits per heavy atom. The summed E-state index contributed by atoms with van der Waals surface area (Å²) in [5.41, 5.74) is 3.97. The van der Waals surface area contributed by atoms with Crippen LogP contribution in [0.5, 0.6) is 23.0 Å². The average molecular weight is 476 g/mol. The van der Waals surface area contributed by atoms with E-state index in [1.807, 2.05) is 47.4 Å². The maximum absolute atomic E-state index is 13.7. The quantitative estimate of drug-likeness (QED) is 0.421. The molecule has 0 aliphatic carbocycles. The van der Waals surface area contributed by atoms with Gasteiger partial charge in [0.05, 0.1) is 27.4 Å². The van der Waals surface area contributed by atoms with Gasteiger partial charge in [-0.25, -0.2) is 0 Å². The molecule has 0 bridgehead atoms. The van der Waals surface area contributed by atoms with Gasteiger partial charge < -0.3 is 23.8 Å². The Hall–Kier alpha value is -3.67. The molecule has 1 aliphatic rings. The Labute approximate surface area is 207 Å². The highest BCUT2D eigenvalue weighted by atomic mass is 16.5. The Bertz CT molecular complexity index is 1170. The first-order chi connectivity index (χ1) is 16.9. The van der Waals surface area contributed by atoms with Crippen molar-refractivity contribution in [1.29, 1.82) is 0 Å². The first-order valence-electron chi connectivity index (χ1n) is 11.9. The lowest BCUT2D eigenvalue weighted by Crippen LogP contribution is -2.42. The van der Waals surface area contributed by atoms with Crippen LogP contribution in [0.3, 0.4) is 0 Å². The molecule has 1 atom stereocenters. The molecule has 1 amide bonds. The number of nitrogens with zero attached hydrogens (tertiary/aromatic N) is 1. The molecule has 35 heavy (non-hydrogen) atoms. The predicted octanol–water partition coefficient (Wildman–Crippen LogP) is 5.65. The number of hydrogen-bond donors (Lipinski definition) is 0. The predicted molar refractivity (Wildman–Crippen MR) is 136 cm³/mol. The van der Waals surface area contributed by atoms with Crippen molar-refractivity contribution in [3.8, 4) is 23.0 Å². The van der Waals surface area contributed by atoms with Crippen LogP contribution in [0.25, 0.3) is 0 Å². The lowest BCUT2D eigenvalue weighted by molar-refractivity contribution is 0.0589. The monoisotopic (exact) mass is 475 g/mol. The van der Waals surface area contributed by atoms with Crippen LogP contribution in [-0.2, 0) is 6.42 Å². The number of hydrogen-bond acceptors (Lipinski definition) is 5. The average Bonchev–Trinajstić information content (AvgIpc) is 2.90. The summed E-state index contributed by atoms with van der Waals surface area (Å²) >= 11 is 0. The van der Waals surface area contributed by atoms with Crippen LogP contribution < -0.4 is 18.9 Å². The molecule has 0 saturated heterocycles. The van der Waals surface area contributed by atoms with Gasteiger partial charge in [-0.2, -0.15) is 0 Å². The summed E-state index contributed by atoms with van der Waals surface area (Å²) in [6, 6.07) is 19.1. The van der Waals surface area contributed by atoms with Crippen molar-refractivity contribution in [1.82, 2.24) is 4.90 Å². The highest BCUT2D eigenvalue weighted by molar-refractivity contribution is 5.95. The van der Waals surface area contributed by atoms with Gasteiger partial charge in [0.25, 0.3) is 5.91 Å². The molecule has 3 aromatic carbocycles. The summed E-state index contributed by atoms with van der Waals surface area (Å²) in [4.78, 5) is 15.5. The fraction of sp³-hybridized carbons (Fsp3) is 0.345. The number of fused-ring (bicyclic) bond motifs is 1. The zero-order valence-electron chi connectivity index (χ0n) is 21.0. The first-order valence-corrected chi connectivity index (χ1v) is 11.9. The van der Waals surface area contributed by atoms with Gasteiger partial charge in [0.1, 0.15) is 18.1 Å². The van der Waals surface area contributed by atoms with Gasteiger partial charge in [-0.3, -0.25) is 4.79 Å². The molecular formula is C29H33NO5. The van der Waals surface area contributed by atoms with Crippen LogP contribution >= 0.6 is 0 Å². The van der Waals surface area contributed by atoms with E-state index in [0.29, 0.717) is 48.3 Å². The van der Waals surface area contributed by atoms with E-state index in [2.05, 4.69) is 26.0 Å². The zero-order valence-corrected chi connectivity index (χ0v) is 21.0. The van der Waals surface area contributed by atoms with Gasteiger partial charge in [-0.1, -0.05) is 32.0 Å². The van der Waals surface area contributed by atoms with Crippen LogP contribution in [0, 0.1) is 0 Å². The number of benzene rings is 3. The van der Waals surface area contributed by atoms with Crippen molar-refractivity contribution in [3.63, 3.8) is 0 Å². The molecule has 3 aromatic rings. The minimum Gasteiger partial charge on any atom is -0.497 e. The number of carbonyl (C=O) groups is 1. The van der Waals surface area contributed by atoms with Crippen LogP contribution in [0.1, 0.15) is 52.9 Å². The van der Waals surface area contributed by atoms with Crippen LogP contribution in [0.2, 0.25) is 0 Å². The van der Waals surface area contributed by atoms with Gasteiger partial charge in [-0.15, -0.1) is 0 Å². The maximum Gasteiger partial charge on any atom is 0.254 e. The van der Waals surface area contributed by atoms with E-state index in [9.17, 15) is 4.79 Å². The van der Waals surface area contributed by atoms with E-state index < -0.39 is 0 Å². The molecule has 0 spiro atoms. The molecule has 0 fully saturated rings. The minimum absolute atomic E-state index is 0.0620. The van der Waals surface area contributed by atoms with E-state index in [-0.39, 0.29) is 11.9 Å². The number of carbonyl (C=O) groups excluding carboxylic acids is 1. The number of methoxy groups -OCH3 is 3. The summed E-state index contributed by atoms with van der Waals surface area (Å²) in [6.45, 7) is 5.22. The van der Waals surface area contributed by atoms with Crippen LogP contribution in [0.4, 0.5) is 0 Å². The molecule has 0 aromatic heterocycles. The number of ether oxygens (including phenoxy) is 4. The maximum atomic E-state index is 13.7. The fourth-order valence-corrected chi connectivity index (χ4v) is 4.50. The van der Waals surface area contributed by atoms with Gasteiger partial charge in [0, 0.05) is 12.1 Å². The zero-order chi connectivity index (χ0) is 24.9. The topological polar surface area (TPSA) is 57.2 Å². The van der Waals surface area contributed by atoms with E-state index in [4.69, 9.17) is 18.9 Å². The Morgan fingerprint density at radius 1 is 0.914 bits per heavy atom. The van der Waals surface area contributed by atoms with Crippen molar-refractivity contribution in [2.45, 2.75) is 32.2 Å². The molecule has 0 N–H and O–H groups in total. The Kier molecular flexibility index (Phi) is 7.49. The van der Waals surface area contributed by atoms with Crippen molar-refractivity contribution in [2.24, 2.45) is 0 Å². The Balaban J connectivity index is 1.68. The summed E-state index contributed by atoms with van der Waals surface area (Å²) in [5, 5.41) is 0. The van der Waals surface area contributed by atoms with Crippen molar-refractivity contribution in [3.05, 3.63) is 82.9 Å². The molecule has 4 rings (SSSR count). The second kappa shape index (κ2) is 10.7. The third-order valence-electron chi connectivity index (χ3n) is 6.53. The molecule has 6 heteroatoms. The van der Waals surface area contributed by atoms with E-state index in [1.54, 1.807) is 27.4 Å². The Morgan fingerprint density at radius 2 is 1.63 bits per heavy atom. The third-order valence-corrected chi connectivity index (χ3v) is 6.53. The molecule has 0 unspecified atom stereocenters. The second-order valence-electron chi connectivity index (χ2n) is 8.94. The summed E-state index contributed by atoms with van der Waals surface area (Å²) in [5.74, 6) is 3.13. The second-order valence-corrected chi connectivity index (χ2v) is 8.94. The first kappa shape index (κ1) is 24.5. The largest absolute Gasteiger partial charge is 0.497 e. The normalized spacial score (nSPS) is 14.9. The van der Waals surface area contributed by atoms with Gasteiger partial charge in [0.2, 0.25) is 0 Å². The van der Waals surface area contributed by atoms with Gasteiger partial charge >= 0.3 is 0 Å². The lowest BCUT2D eigenvalue weighted by atomic mass is 9.91. The highest BCUT2D eigenvalue weighted by Crippen LogP contribution is 2.39. The number of rotatable bonds is 8. The van der Waals surface area contributed by atoms with Gasteiger partial charge in [-0.05, 0) is 71.5 Å². The van der Waals surface area contributed by atoms with Crippen molar-refractivity contribution < 1.29 is 23.7 Å². The third kappa shape index (κ3) is 5.21. The van der Waals surface area contributed by atoms with Crippen molar-refractivity contribution >= 4 is 5.91 Å². The standard InChI is InChI=1S/C29H33NO5/c1-19(2)20-9-11-23(12-10-20)35-18-26-25-17-28(34-5)27(33-4)16-21(25)13-14-30(26)29(31)22-7-6-8-24(15-22)32-3/h6-12,15-17,19,26H,13-14,18H2,1-5H3/t26-/m1/s1. The minimum atomic E-state index is -0.290. The van der Waals surface area contributed by atoms with E-state index in [0.717, 1.165) is 16.9 Å². The molecular weight excluding hydrogens is 442 g/mol. The molecule has 1 heterocycles. The summed E-state index contributed by atoms with van der Waals surface area (Å²) in [6.07, 6.45) is 0.713. The molecule has 1 aliphatic heterocycles. The molecule has 6 nitrogen and oxygen atoms in total. The number of amides is 1. The summed E-state index contributed by atoms with van der Waals surface area (Å²) in [7, 11) is 4.85. The van der Waals surface area contributed by atoms with Crippen LogP contribution in [0.15, 0.2) is 60.7 Å². The summed E-state index contributed by atoms with van der Waals surface area (Å²) < 4.78 is 22.7.